The number of anilines is 1. The SMILES string of the molecule is CCCOc1ccnc(N2CCCCCC2C(=O)O)n1. The van der Waals surface area contributed by atoms with Crippen LogP contribution in [-0.4, -0.2) is 40.2 Å². The van der Waals surface area contributed by atoms with Gasteiger partial charge in [0.2, 0.25) is 11.8 Å². The van der Waals surface area contributed by atoms with Crippen LogP contribution in [0.2, 0.25) is 0 Å². The Morgan fingerprint density at radius 1 is 1.50 bits per heavy atom. The van der Waals surface area contributed by atoms with Crippen LogP contribution in [0.1, 0.15) is 39.0 Å². The maximum Gasteiger partial charge on any atom is 0.326 e. The van der Waals surface area contributed by atoms with Gasteiger partial charge in [-0.25, -0.2) is 9.78 Å². The van der Waals surface area contributed by atoms with E-state index in [1.54, 1.807) is 17.2 Å². The highest BCUT2D eigenvalue weighted by Crippen LogP contribution is 2.22. The maximum atomic E-state index is 11.4. The summed E-state index contributed by atoms with van der Waals surface area (Å²) in [6, 6.07) is 1.16. The first-order chi connectivity index (χ1) is 9.72. The van der Waals surface area contributed by atoms with Gasteiger partial charge >= 0.3 is 5.97 Å². The Morgan fingerprint density at radius 2 is 2.35 bits per heavy atom. The van der Waals surface area contributed by atoms with Gasteiger partial charge in [-0.3, -0.25) is 0 Å². The van der Waals surface area contributed by atoms with E-state index in [0.717, 1.165) is 25.7 Å². The number of hydrogen-bond acceptors (Lipinski definition) is 5. The molecule has 0 radical (unpaired) electrons. The Kier molecular flexibility index (Phi) is 5.15. The summed E-state index contributed by atoms with van der Waals surface area (Å²) in [5, 5.41) is 9.38. The van der Waals surface area contributed by atoms with Crippen molar-refractivity contribution in [2.75, 3.05) is 18.1 Å². The zero-order valence-electron chi connectivity index (χ0n) is 11.8. The van der Waals surface area contributed by atoms with Gasteiger partial charge in [-0.2, -0.15) is 4.98 Å². The molecule has 0 aliphatic carbocycles. The van der Waals surface area contributed by atoms with Crippen molar-refractivity contribution in [3.63, 3.8) is 0 Å². The summed E-state index contributed by atoms with van der Waals surface area (Å²) in [7, 11) is 0. The smallest absolute Gasteiger partial charge is 0.326 e. The molecule has 1 N–H and O–H groups in total. The monoisotopic (exact) mass is 279 g/mol. The van der Waals surface area contributed by atoms with E-state index in [1.807, 2.05) is 6.92 Å². The van der Waals surface area contributed by atoms with Gasteiger partial charge in [-0.15, -0.1) is 0 Å². The van der Waals surface area contributed by atoms with Gasteiger partial charge < -0.3 is 14.7 Å². The first-order valence-corrected chi connectivity index (χ1v) is 7.17. The van der Waals surface area contributed by atoms with Crippen molar-refractivity contribution < 1.29 is 14.6 Å². The van der Waals surface area contributed by atoms with E-state index in [4.69, 9.17) is 4.74 Å². The molecule has 6 nitrogen and oxygen atoms in total. The second-order valence-electron chi connectivity index (χ2n) is 4.94. The average Bonchev–Trinajstić information content (AvgIpc) is 2.71. The number of aromatic nitrogens is 2. The molecular weight excluding hydrogens is 258 g/mol. The fourth-order valence-corrected chi connectivity index (χ4v) is 2.36. The predicted octanol–water partition coefficient (Wildman–Crippen LogP) is 2.10. The normalized spacial score (nSPS) is 19.4. The van der Waals surface area contributed by atoms with Crippen molar-refractivity contribution in [3.8, 4) is 5.88 Å². The van der Waals surface area contributed by atoms with Gasteiger partial charge in [0.1, 0.15) is 6.04 Å². The molecule has 0 amide bonds. The van der Waals surface area contributed by atoms with E-state index in [-0.39, 0.29) is 0 Å². The lowest BCUT2D eigenvalue weighted by Crippen LogP contribution is -2.41. The highest BCUT2D eigenvalue weighted by Gasteiger charge is 2.29. The number of nitrogens with zero attached hydrogens (tertiary/aromatic N) is 3. The zero-order valence-corrected chi connectivity index (χ0v) is 11.8. The fourth-order valence-electron chi connectivity index (χ4n) is 2.36. The maximum absolute atomic E-state index is 11.4. The second-order valence-corrected chi connectivity index (χ2v) is 4.94. The molecule has 2 rings (SSSR count). The van der Waals surface area contributed by atoms with E-state index in [1.165, 1.54) is 0 Å². The molecule has 110 valence electrons. The average molecular weight is 279 g/mol. The molecule has 1 saturated heterocycles. The van der Waals surface area contributed by atoms with Crippen LogP contribution in [0, 0.1) is 0 Å². The Morgan fingerprint density at radius 3 is 3.10 bits per heavy atom. The number of hydrogen-bond donors (Lipinski definition) is 1. The first kappa shape index (κ1) is 14.6. The number of rotatable bonds is 5. The Balaban J connectivity index is 2.20. The lowest BCUT2D eigenvalue weighted by molar-refractivity contribution is -0.138. The van der Waals surface area contributed by atoms with Gasteiger partial charge in [-0.05, 0) is 19.3 Å². The van der Waals surface area contributed by atoms with Crippen molar-refractivity contribution in [2.24, 2.45) is 0 Å². The van der Waals surface area contributed by atoms with Crippen molar-refractivity contribution >= 4 is 11.9 Å². The topological polar surface area (TPSA) is 75.5 Å². The van der Waals surface area contributed by atoms with Crippen LogP contribution in [0.5, 0.6) is 5.88 Å². The number of carboxylic acid groups (broad SMARTS) is 1. The number of ether oxygens (including phenoxy) is 1. The fraction of sp³-hybridized carbons (Fsp3) is 0.643. The highest BCUT2D eigenvalue weighted by molar-refractivity contribution is 5.77. The largest absolute Gasteiger partial charge is 0.480 e. The second kappa shape index (κ2) is 7.07. The van der Waals surface area contributed by atoms with E-state index < -0.39 is 12.0 Å². The summed E-state index contributed by atoms with van der Waals surface area (Å²) in [6.07, 6.45) is 6.11. The van der Waals surface area contributed by atoms with Crippen LogP contribution in [0.3, 0.4) is 0 Å². The van der Waals surface area contributed by atoms with Gasteiger partial charge in [0.25, 0.3) is 0 Å². The van der Waals surface area contributed by atoms with Gasteiger partial charge in [-0.1, -0.05) is 19.8 Å². The minimum Gasteiger partial charge on any atom is -0.480 e. The Hall–Kier alpha value is -1.85. The number of aliphatic carboxylic acids is 1. The minimum absolute atomic E-state index is 0.452. The van der Waals surface area contributed by atoms with E-state index in [2.05, 4.69) is 9.97 Å². The van der Waals surface area contributed by atoms with Crippen molar-refractivity contribution in [1.82, 2.24) is 9.97 Å². The molecule has 0 aromatic carbocycles. The van der Waals surface area contributed by atoms with Gasteiger partial charge in [0.15, 0.2) is 0 Å². The van der Waals surface area contributed by atoms with Crippen LogP contribution in [0.15, 0.2) is 12.3 Å². The van der Waals surface area contributed by atoms with Gasteiger partial charge in [0.05, 0.1) is 6.61 Å². The van der Waals surface area contributed by atoms with Crippen LogP contribution >= 0.6 is 0 Å². The molecule has 0 spiro atoms. The lowest BCUT2D eigenvalue weighted by Gasteiger charge is -2.26. The first-order valence-electron chi connectivity index (χ1n) is 7.17. The third-order valence-electron chi connectivity index (χ3n) is 3.37. The molecule has 1 aromatic heterocycles. The molecule has 0 bridgehead atoms. The molecule has 2 heterocycles. The Bertz CT molecular complexity index is 453. The molecule has 1 aromatic rings. The van der Waals surface area contributed by atoms with E-state index in [9.17, 15) is 9.90 Å². The van der Waals surface area contributed by atoms with Crippen LogP contribution in [-0.2, 0) is 4.79 Å². The third-order valence-corrected chi connectivity index (χ3v) is 3.37. The summed E-state index contributed by atoms with van der Waals surface area (Å²) < 4.78 is 5.49. The van der Waals surface area contributed by atoms with Crippen molar-refractivity contribution in [2.45, 2.75) is 45.1 Å². The molecule has 1 fully saturated rings. The standard InChI is InChI=1S/C14H21N3O3/c1-2-10-20-12-7-8-15-14(16-12)17-9-5-3-4-6-11(17)13(18)19/h7-8,11H,2-6,9-10H2,1H3,(H,18,19). The number of carboxylic acids is 1. The molecular formula is C14H21N3O3. The van der Waals surface area contributed by atoms with E-state index >= 15 is 0 Å². The molecule has 1 aliphatic rings. The molecule has 20 heavy (non-hydrogen) atoms. The zero-order chi connectivity index (χ0) is 14.4. The summed E-state index contributed by atoms with van der Waals surface area (Å²) in [6.45, 7) is 3.30. The molecule has 6 heteroatoms. The van der Waals surface area contributed by atoms with E-state index in [0.29, 0.717) is 31.4 Å². The van der Waals surface area contributed by atoms with Gasteiger partial charge in [0, 0.05) is 18.8 Å². The van der Waals surface area contributed by atoms with Crippen LogP contribution < -0.4 is 9.64 Å². The Labute approximate surface area is 118 Å². The minimum atomic E-state index is -0.810. The molecule has 0 saturated carbocycles. The summed E-state index contributed by atoms with van der Waals surface area (Å²) >= 11 is 0. The van der Waals surface area contributed by atoms with Crippen LogP contribution in [0.25, 0.3) is 0 Å². The summed E-state index contributed by atoms with van der Waals surface area (Å²) in [5.41, 5.74) is 0. The molecule has 1 aliphatic heterocycles. The molecule has 1 unspecified atom stereocenters. The van der Waals surface area contributed by atoms with Crippen LogP contribution in [0.4, 0.5) is 5.95 Å². The lowest BCUT2D eigenvalue weighted by atomic mass is 10.1. The summed E-state index contributed by atoms with van der Waals surface area (Å²) in [5.74, 6) is 0.147. The predicted molar refractivity (Wildman–Crippen MR) is 75.1 cm³/mol. The van der Waals surface area contributed by atoms with Crippen molar-refractivity contribution in [3.05, 3.63) is 12.3 Å². The highest BCUT2D eigenvalue weighted by atomic mass is 16.5. The molecule has 1 atom stereocenters. The number of carbonyl (C=O) groups is 1. The third kappa shape index (κ3) is 3.59. The summed E-state index contributed by atoms with van der Waals surface area (Å²) in [4.78, 5) is 21.8. The van der Waals surface area contributed by atoms with Crippen molar-refractivity contribution in [1.29, 1.82) is 0 Å². The quantitative estimate of drug-likeness (QED) is 0.889.